The highest BCUT2D eigenvalue weighted by atomic mass is 16.5. The van der Waals surface area contributed by atoms with Crippen molar-refractivity contribution in [3.63, 3.8) is 0 Å². The molecule has 0 aliphatic carbocycles. The Bertz CT molecular complexity index is 318. The zero-order valence-electron chi connectivity index (χ0n) is 10.4. The number of nitrogens with one attached hydrogen (secondary N) is 1. The molecule has 0 amide bonds. The third-order valence-electron chi connectivity index (χ3n) is 2.98. The molecule has 17 heavy (non-hydrogen) atoms. The summed E-state index contributed by atoms with van der Waals surface area (Å²) in [6, 6.07) is 4.07. The third kappa shape index (κ3) is 4.42. The van der Waals surface area contributed by atoms with Gasteiger partial charge < -0.3 is 10.1 Å². The predicted octanol–water partition coefficient (Wildman–Crippen LogP) is 0.892. The van der Waals surface area contributed by atoms with Crippen LogP contribution in [0.4, 0.5) is 0 Å². The van der Waals surface area contributed by atoms with E-state index in [0.717, 1.165) is 39.3 Å². The number of pyridine rings is 1. The maximum Gasteiger partial charge on any atom is 0.0674 e. The van der Waals surface area contributed by atoms with Gasteiger partial charge in [-0.25, -0.2) is 0 Å². The largest absolute Gasteiger partial charge is 0.376 e. The van der Waals surface area contributed by atoms with E-state index < -0.39 is 0 Å². The second-order valence-electron chi connectivity index (χ2n) is 4.52. The van der Waals surface area contributed by atoms with Gasteiger partial charge in [-0.05, 0) is 18.6 Å². The average Bonchev–Trinajstić information content (AvgIpc) is 2.36. The molecule has 0 saturated carbocycles. The van der Waals surface area contributed by atoms with Crippen LogP contribution in [0.1, 0.15) is 12.5 Å². The average molecular weight is 235 g/mol. The molecule has 1 aromatic heterocycles. The molecule has 1 aromatic rings. The molecular weight excluding hydrogens is 214 g/mol. The number of rotatable bonds is 5. The third-order valence-corrected chi connectivity index (χ3v) is 2.98. The van der Waals surface area contributed by atoms with Crippen molar-refractivity contribution in [2.45, 2.75) is 19.6 Å². The van der Waals surface area contributed by atoms with Gasteiger partial charge in [0, 0.05) is 45.1 Å². The van der Waals surface area contributed by atoms with Crippen molar-refractivity contribution < 1.29 is 4.74 Å². The fraction of sp³-hybridized carbons (Fsp3) is 0.615. The summed E-state index contributed by atoms with van der Waals surface area (Å²) in [6.45, 7) is 8.11. The van der Waals surface area contributed by atoms with Gasteiger partial charge in [-0.15, -0.1) is 0 Å². The molecule has 1 N–H and O–H groups in total. The van der Waals surface area contributed by atoms with Gasteiger partial charge in [0.25, 0.3) is 0 Å². The first kappa shape index (κ1) is 12.5. The van der Waals surface area contributed by atoms with Crippen LogP contribution < -0.4 is 5.32 Å². The van der Waals surface area contributed by atoms with E-state index >= 15 is 0 Å². The maximum atomic E-state index is 5.51. The maximum absolute atomic E-state index is 5.51. The molecule has 1 aliphatic rings. The summed E-state index contributed by atoms with van der Waals surface area (Å²) in [4.78, 5) is 6.55. The number of ether oxygens (including phenoxy) is 1. The van der Waals surface area contributed by atoms with Crippen molar-refractivity contribution in [3.05, 3.63) is 30.1 Å². The first-order valence-corrected chi connectivity index (χ1v) is 6.28. The van der Waals surface area contributed by atoms with Crippen molar-refractivity contribution in [1.29, 1.82) is 0 Å². The Morgan fingerprint density at radius 1 is 1.59 bits per heavy atom. The quantitative estimate of drug-likeness (QED) is 0.769. The zero-order chi connectivity index (χ0) is 11.9. The van der Waals surface area contributed by atoms with Crippen molar-refractivity contribution in [1.82, 2.24) is 15.2 Å². The van der Waals surface area contributed by atoms with E-state index in [9.17, 15) is 0 Å². The summed E-state index contributed by atoms with van der Waals surface area (Å²) >= 11 is 0. The summed E-state index contributed by atoms with van der Waals surface area (Å²) < 4.78 is 5.51. The summed E-state index contributed by atoms with van der Waals surface area (Å²) in [5.74, 6) is 0. The Morgan fingerprint density at radius 3 is 3.29 bits per heavy atom. The molecule has 1 unspecified atom stereocenters. The molecule has 1 saturated heterocycles. The fourth-order valence-corrected chi connectivity index (χ4v) is 2.07. The SMILES string of the molecule is CC1CN(CCNCc2cccnc2)CCO1. The first-order chi connectivity index (χ1) is 8.34. The Hall–Kier alpha value is -0.970. The molecule has 0 aromatic carbocycles. The number of nitrogens with zero attached hydrogens (tertiary/aromatic N) is 2. The molecule has 4 nitrogen and oxygen atoms in total. The number of hydrogen-bond donors (Lipinski definition) is 1. The van der Waals surface area contributed by atoms with Gasteiger partial charge in [0.1, 0.15) is 0 Å². The van der Waals surface area contributed by atoms with E-state index in [1.807, 2.05) is 12.3 Å². The molecule has 0 radical (unpaired) electrons. The minimum absolute atomic E-state index is 0.377. The summed E-state index contributed by atoms with van der Waals surface area (Å²) in [5.41, 5.74) is 1.24. The lowest BCUT2D eigenvalue weighted by Gasteiger charge is -2.31. The normalized spacial score (nSPS) is 21.6. The zero-order valence-corrected chi connectivity index (χ0v) is 10.4. The van der Waals surface area contributed by atoms with Crippen molar-refractivity contribution in [2.75, 3.05) is 32.8 Å². The molecule has 0 bridgehead atoms. The van der Waals surface area contributed by atoms with Crippen LogP contribution in [0.3, 0.4) is 0 Å². The number of morpholine rings is 1. The van der Waals surface area contributed by atoms with Crippen LogP contribution in [0.25, 0.3) is 0 Å². The molecule has 4 heteroatoms. The van der Waals surface area contributed by atoms with E-state index in [2.05, 4.69) is 28.2 Å². The monoisotopic (exact) mass is 235 g/mol. The van der Waals surface area contributed by atoms with E-state index in [1.54, 1.807) is 6.20 Å². The Labute approximate surface area is 103 Å². The lowest BCUT2D eigenvalue weighted by Crippen LogP contribution is -2.43. The summed E-state index contributed by atoms with van der Waals surface area (Å²) in [6.07, 6.45) is 4.09. The Morgan fingerprint density at radius 2 is 2.53 bits per heavy atom. The first-order valence-electron chi connectivity index (χ1n) is 6.28. The predicted molar refractivity (Wildman–Crippen MR) is 67.8 cm³/mol. The highest BCUT2D eigenvalue weighted by Crippen LogP contribution is 2.03. The smallest absolute Gasteiger partial charge is 0.0674 e. The van der Waals surface area contributed by atoms with Crippen LogP contribution in [-0.2, 0) is 11.3 Å². The van der Waals surface area contributed by atoms with Gasteiger partial charge in [0.2, 0.25) is 0 Å². The standard InChI is InChI=1S/C13H21N3O/c1-12-11-16(7-8-17-12)6-5-15-10-13-3-2-4-14-9-13/h2-4,9,12,15H,5-8,10-11H2,1H3. The highest BCUT2D eigenvalue weighted by molar-refractivity contribution is 5.07. The van der Waals surface area contributed by atoms with Crippen molar-refractivity contribution in [3.8, 4) is 0 Å². The van der Waals surface area contributed by atoms with Gasteiger partial charge in [0.15, 0.2) is 0 Å². The molecule has 2 rings (SSSR count). The van der Waals surface area contributed by atoms with E-state index in [1.165, 1.54) is 5.56 Å². The Balaban J connectivity index is 1.60. The van der Waals surface area contributed by atoms with E-state index in [-0.39, 0.29) is 0 Å². The van der Waals surface area contributed by atoms with Crippen LogP contribution in [0.5, 0.6) is 0 Å². The second kappa shape index (κ2) is 6.69. The molecule has 94 valence electrons. The van der Waals surface area contributed by atoms with Crippen LogP contribution in [-0.4, -0.2) is 48.8 Å². The van der Waals surface area contributed by atoms with Crippen molar-refractivity contribution in [2.24, 2.45) is 0 Å². The van der Waals surface area contributed by atoms with Gasteiger partial charge in [-0.3, -0.25) is 9.88 Å². The van der Waals surface area contributed by atoms with Gasteiger partial charge in [-0.2, -0.15) is 0 Å². The molecule has 2 heterocycles. The van der Waals surface area contributed by atoms with Gasteiger partial charge in [0.05, 0.1) is 12.7 Å². The fourth-order valence-electron chi connectivity index (χ4n) is 2.07. The lowest BCUT2D eigenvalue weighted by atomic mass is 10.3. The second-order valence-corrected chi connectivity index (χ2v) is 4.52. The Kier molecular flexibility index (Phi) is 4.91. The molecule has 0 spiro atoms. The van der Waals surface area contributed by atoms with Gasteiger partial charge >= 0.3 is 0 Å². The highest BCUT2D eigenvalue weighted by Gasteiger charge is 2.15. The topological polar surface area (TPSA) is 37.4 Å². The van der Waals surface area contributed by atoms with Crippen LogP contribution in [0.2, 0.25) is 0 Å². The number of aromatic nitrogens is 1. The van der Waals surface area contributed by atoms with Crippen LogP contribution in [0.15, 0.2) is 24.5 Å². The molecular formula is C13H21N3O. The summed E-state index contributed by atoms with van der Waals surface area (Å²) in [5, 5.41) is 3.44. The summed E-state index contributed by atoms with van der Waals surface area (Å²) in [7, 11) is 0. The minimum atomic E-state index is 0.377. The van der Waals surface area contributed by atoms with E-state index in [4.69, 9.17) is 4.74 Å². The van der Waals surface area contributed by atoms with Crippen LogP contribution >= 0.6 is 0 Å². The van der Waals surface area contributed by atoms with Crippen LogP contribution in [0, 0.1) is 0 Å². The van der Waals surface area contributed by atoms with Gasteiger partial charge in [-0.1, -0.05) is 6.07 Å². The van der Waals surface area contributed by atoms with Crippen molar-refractivity contribution >= 4 is 0 Å². The minimum Gasteiger partial charge on any atom is -0.376 e. The molecule has 1 fully saturated rings. The molecule has 1 atom stereocenters. The lowest BCUT2D eigenvalue weighted by molar-refractivity contribution is -0.0176. The van der Waals surface area contributed by atoms with E-state index in [0.29, 0.717) is 6.10 Å². The number of hydrogen-bond acceptors (Lipinski definition) is 4. The molecule has 1 aliphatic heterocycles.